The molecule has 0 saturated carbocycles. The molecule has 0 radical (unpaired) electrons. The molecule has 0 saturated heterocycles. The van der Waals surface area contributed by atoms with E-state index in [0.29, 0.717) is 56.9 Å². The first-order valence-electron chi connectivity index (χ1n) is 10.4. The second-order valence-electron chi connectivity index (χ2n) is 7.34. The number of methoxy groups -OCH3 is 1. The van der Waals surface area contributed by atoms with Crippen LogP contribution in [0.1, 0.15) is 21.1 Å². The molecule has 2 aromatic carbocycles. The average molecular weight is 576 g/mol. The molecular weight excluding hydrogens is 554 g/mol. The Hall–Kier alpha value is -2.07. The number of carbonyl (C=O) groups excluding carboxylic acids is 2. The second-order valence-corrected chi connectivity index (χ2v) is 9.94. The minimum atomic E-state index is -0.360. The molecule has 1 aromatic heterocycles. The Bertz CT molecular complexity index is 1190. The number of rotatable bonds is 10. The van der Waals surface area contributed by atoms with Gasteiger partial charge in [-0.15, -0.1) is 11.3 Å². The van der Waals surface area contributed by atoms with Gasteiger partial charge in [0.05, 0.1) is 23.2 Å². The van der Waals surface area contributed by atoms with Crippen molar-refractivity contribution >= 4 is 75.4 Å². The van der Waals surface area contributed by atoms with Crippen LogP contribution in [0.15, 0.2) is 41.8 Å². The molecule has 1 heterocycles. The minimum Gasteiger partial charge on any atom is -0.383 e. The second kappa shape index (κ2) is 13.3. The largest absolute Gasteiger partial charge is 0.383 e. The van der Waals surface area contributed by atoms with E-state index in [1.54, 1.807) is 42.8 Å². The van der Waals surface area contributed by atoms with Gasteiger partial charge in [-0.3, -0.25) is 4.79 Å². The average Bonchev–Trinajstić information content (AvgIpc) is 3.29. The van der Waals surface area contributed by atoms with E-state index >= 15 is 0 Å². The van der Waals surface area contributed by atoms with E-state index in [2.05, 4.69) is 15.6 Å². The van der Waals surface area contributed by atoms with Crippen molar-refractivity contribution in [1.82, 2.24) is 15.2 Å². The molecule has 12 heteroatoms. The zero-order valence-corrected chi connectivity index (χ0v) is 22.5. The molecule has 0 bridgehead atoms. The predicted octanol–water partition coefficient (Wildman–Crippen LogP) is 6.41. The quantitative estimate of drug-likeness (QED) is 0.292. The van der Waals surface area contributed by atoms with E-state index in [1.807, 2.05) is 6.07 Å². The lowest BCUT2D eigenvalue weighted by molar-refractivity contribution is 0.0949. The highest BCUT2D eigenvalue weighted by molar-refractivity contribution is 7.09. The zero-order valence-electron chi connectivity index (χ0n) is 18.6. The summed E-state index contributed by atoms with van der Waals surface area (Å²) in [6.45, 7) is 1.25. The first kappa shape index (κ1) is 27.5. The van der Waals surface area contributed by atoms with Crippen LogP contribution in [0.4, 0.5) is 10.5 Å². The smallest absolute Gasteiger partial charge is 0.322 e. The van der Waals surface area contributed by atoms with Crippen molar-refractivity contribution in [2.24, 2.45) is 0 Å². The summed E-state index contributed by atoms with van der Waals surface area (Å²) in [5.41, 5.74) is 1.67. The number of amides is 3. The molecule has 186 valence electrons. The van der Waals surface area contributed by atoms with Gasteiger partial charge in [-0.25, -0.2) is 9.78 Å². The van der Waals surface area contributed by atoms with Crippen LogP contribution in [0.5, 0.6) is 0 Å². The Kier molecular flexibility index (Phi) is 10.5. The molecule has 0 aliphatic heterocycles. The fourth-order valence-corrected chi connectivity index (χ4v) is 4.60. The van der Waals surface area contributed by atoms with Crippen molar-refractivity contribution in [2.45, 2.75) is 13.0 Å². The third-order valence-corrected chi connectivity index (χ3v) is 6.99. The molecule has 0 atom stereocenters. The van der Waals surface area contributed by atoms with E-state index in [4.69, 9.17) is 51.1 Å². The summed E-state index contributed by atoms with van der Waals surface area (Å²) in [4.78, 5) is 31.3. The summed E-state index contributed by atoms with van der Waals surface area (Å²) >= 11 is 25.3. The molecule has 0 unspecified atom stereocenters. The standard InChI is InChI=1S/C23H22Cl4N4O3S/c1-34-9-8-31(23(33)29-16-4-5-17(25)19(27)11-16)12-21-30-20(13-35-21)22(32)28-7-6-14-2-3-15(24)10-18(14)26/h2-5,10-11,13H,6-9,12H2,1H3,(H,28,32)(H,29,33). The van der Waals surface area contributed by atoms with Crippen LogP contribution >= 0.6 is 57.7 Å². The summed E-state index contributed by atoms with van der Waals surface area (Å²) in [5, 5.41) is 9.73. The van der Waals surface area contributed by atoms with Gasteiger partial charge in [0.1, 0.15) is 10.7 Å². The van der Waals surface area contributed by atoms with Crippen molar-refractivity contribution in [3.8, 4) is 0 Å². The Balaban J connectivity index is 1.58. The first-order valence-corrected chi connectivity index (χ1v) is 12.8. The Morgan fingerprint density at radius 1 is 1.06 bits per heavy atom. The molecule has 2 N–H and O–H groups in total. The van der Waals surface area contributed by atoms with Crippen LogP contribution in [0, 0.1) is 0 Å². The number of halogens is 4. The van der Waals surface area contributed by atoms with Gasteiger partial charge in [0.2, 0.25) is 0 Å². The number of urea groups is 1. The highest BCUT2D eigenvalue weighted by atomic mass is 35.5. The van der Waals surface area contributed by atoms with Crippen molar-refractivity contribution in [3.05, 3.63) is 78.1 Å². The van der Waals surface area contributed by atoms with Crippen LogP contribution in [0.3, 0.4) is 0 Å². The maximum Gasteiger partial charge on any atom is 0.322 e. The van der Waals surface area contributed by atoms with E-state index < -0.39 is 0 Å². The van der Waals surface area contributed by atoms with Gasteiger partial charge in [0.15, 0.2) is 0 Å². The number of aromatic nitrogens is 1. The maximum atomic E-state index is 12.8. The van der Waals surface area contributed by atoms with Gasteiger partial charge in [-0.1, -0.05) is 52.5 Å². The van der Waals surface area contributed by atoms with Crippen molar-refractivity contribution in [2.75, 3.05) is 32.1 Å². The van der Waals surface area contributed by atoms with E-state index in [-0.39, 0.29) is 24.2 Å². The number of ether oxygens (including phenoxy) is 1. The van der Waals surface area contributed by atoms with Crippen LogP contribution in [-0.4, -0.2) is 48.6 Å². The number of anilines is 1. The van der Waals surface area contributed by atoms with Gasteiger partial charge in [-0.05, 0) is 42.3 Å². The molecule has 3 amide bonds. The van der Waals surface area contributed by atoms with Crippen molar-refractivity contribution in [3.63, 3.8) is 0 Å². The summed E-state index contributed by atoms with van der Waals surface area (Å²) in [6.07, 6.45) is 0.554. The van der Waals surface area contributed by atoms with Gasteiger partial charge >= 0.3 is 6.03 Å². The van der Waals surface area contributed by atoms with Gasteiger partial charge in [0.25, 0.3) is 5.91 Å². The third kappa shape index (κ3) is 8.24. The number of hydrogen-bond acceptors (Lipinski definition) is 5. The number of carbonyl (C=O) groups is 2. The predicted molar refractivity (Wildman–Crippen MR) is 142 cm³/mol. The number of benzene rings is 2. The molecule has 0 aliphatic rings. The first-order chi connectivity index (χ1) is 16.8. The SMILES string of the molecule is COCCN(Cc1nc(C(=O)NCCc2ccc(Cl)cc2Cl)cs1)C(=O)Nc1ccc(Cl)c(Cl)c1. The lowest BCUT2D eigenvalue weighted by atomic mass is 10.1. The normalized spacial score (nSPS) is 10.8. The fraction of sp³-hybridized carbons (Fsp3) is 0.261. The molecule has 0 fully saturated rings. The topological polar surface area (TPSA) is 83.6 Å². The molecular formula is C23H22Cl4N4O3S. The minimum absolute atomic E-state index is 0.203. The molecule has 3 rings (SSSR count). The lowest BCUT2D eigenvalue weighted by Crippen LogP contribution is -2.36. The monoisotopic (exact) mass is 574 g/mol. The molecule has 0 aliphatic carbocycles. The Morgan fingerprint density at radius 2 is 1.86 bits per heavy atom. The van der Waals surface area contributed by atoms with Crippen LogP contribution in [0.25, 0.3) is 0 Å². The van der Waals surface area contributed by atoms with E-state index in [1.165, 1.54) is 16.2 Å². The Labute approximate surface area is 227 Å². The highest BCUT2D eigenvalue weighted by Crippen LogP contribution is 2.25. The van der Waals surface area contributed by atoms with Gasteiger partial charge in [-0.2, -0.15) is 0 Å². The lowest BCUT2D eigenvalue weighted by Gasteiger charge is -2.22. The van der Waals surface area contributed by atoms with Crippen LogP contribution in [0.2, 0.25) is 20.1 Å². The van der Waals surface area contributed by atoms with Gasteiger partial charge < -0.3 is 20.3 Å². The van der Waals surface area contributed by atoms with Crippen molar-refractivity contribution in [1.29, 1.82) is 0 Å². The van der Waals surface area contributed by atoms with Gasteiger partial charge in [0, 0.05) is 41.3 Å². The third-order valence-electron chi connectivity index (χ3n) is 4.83. The Morgan fingerprint density at radius 3 is 2.57 bits per heavy atom. The molecule has 35 heavy (non-hydrogen) atoms. The number of nitrogens with zero attached hydrogens (tertiary/aromatic N) is 2. The van der Waals surface area contributed by atoms with Crippen LogP contribution in [-0.2, 0) is 17.7 Å². The highest BCUT2D eigenvalue weighted by Gasteiger charge is 2.18. The van der Waals surface area contributed by atoms with Crippen LogP contribution < -0.4 is 10.6 Å². The number of hydrogen-bond donors (Lipinski definition) is 2. The maximum absolute atomic E-state index is 12.8. The van der Waals surface area contributed by atoms with E-state index in [0.717, 1.165) is 5.56 Å². The fourth-order valence-electron chi connectivity index (χ4n) is 3.01. The van der Waals surface area contributed by atoms with Crippen molar-refractivity contribution < 1.29 is 14.3 Å². The number of nitrogens with one attached hydrogen (secondary N) is 2. The summed E-state index contributed by atoms with van der Waals surface area (Å²) in [7, 11) is 1.55. The molecule has 0 spiro atoms. The molecule has 7 nitrogen and oxygen atoms in total. The molecule has 3 aromatic rings. The zero-order chi connectivity index (χ0) is 25.4. The summed E-state index contributed by atoms with van der Waals surface area (Å²) in [5.74, 6) is -0.304. The van der Waals surface area contributed by atoms with E-state index in [9.17, 15) is 9.59 Å². The summed E-state index contributed by atoms with van der Waals surface area (Å²) < 4.78 is 5.13. The summed E-state index contributed by atoms with van der Waals surface area (Å²) in [6, 6.07) is 9.72. The number of thiazole rings is 1.